The molecule has 118 valence electrons. The van der Waals surface area contributed by atoms with Crippen LogP contribution in [0.25, 0.3) is 0 Å². The Kier molecular flexibility index (Phi) is 4.61. The van der Waals surface area contributed by atoms with E-state index < -0.39 is 23.1 Å². The van der Waals surface area contributed by atoms with E-state index in [2.05, 4.69) is 5.32 Å². The second-order valence-corrected chi connectivity index (χ2v) is 6.06. The van der Waals surface area contributed by atoms with Crippen molar-refractivity contribution in [2.24, 2.45) is 5.92 Å². The smallest absolute Gasteiger partial charge is 0.307 e. The lowest BCUT2D eigenvalue weighted by Crippen LogP contribution is -2.46. The van der Waals surface area contributed by atoms with Gasteiger partial charge in [0.1, 0.15) is 5.82 Å². The third-order valence-electron chi connectivity index (χ3n) is 4.46. The van der Waals surface area contributed by atoms with Crippen molar-refractivity contribution in [3.05, 3.63) is 35.1 Å². The fourth-order valence-electron chi connectivity index (χ4n) is 3.20. The van der Waals surface area contributed by atoms with Gasteiger partial charge in [-0.2, -0.15) is 13.2 Å². The maximum Gasteiger partial charge on any atom is 0.419 e. The molecule has 1 aliphatic rings. The largest absolute Gasteiger partial charge is 0.419 e. The summed E-state index contributed by atoms with van der Waals surface area (Å²) < 4.78 is 51.9. The van der Waals surface area contributed by atoms with Crippen LogP contribution in [0, 0.1) is 11.7 Å². The molecule has 1 nitrogen and oxygen atoms in total. The number of hydrogen-bond acceptors (Lipinski definition) is 1. The summed E-state index contributed by atoms with van der Waals surface area (Å²) in [4.78, 5) is 0. The van der Waals surface area contributed by atoms with Gasteiger partial charge in [-0.25, -0.2) is 4.39 Å². The van der Waals surface area contributed by atoms with Gasteiger partial charge in [0.05, 0.1) is 5.56 Å². The highest BCUT2D eigenvalue weighted by Crippen LogP contribution is 2.39. The lowest BCUT2D eigenvalue weighted by atomic mass is 9.76. The topological polar surface area (TPSA) is 12.0 Å². The highest BCUT2D eigenvalue weighted by Gasteiger charge is 2.39. The summed E-state index contributed by atoms with van der Waals surface area (Å²) >= 11 is 0. The minimum atomic E-state index is -4.65. The molecule has 0 aliphatic carbocycles. The highest BCUT2D eigenvalue weighted by molar-refractivity contribution is 5.32. The van der Waals surface area contributed by atoms with E-state index in [4.69, 9.17) is 0 Å². The molecule has 2 rings (SSSR count). The third kappa shape index (κ3) is 3.23. The molecule has 1 atom stereocenters. The van der Waals surface area contributed by atoms with E-state index in [1.165, 1.54) is 6.07 Å². The summed E-state index contributed by atoms with van der Waals surface area (Å²) in [6.45, 7) is 4.85. The van der Waals surface area contributed by atoms with E-state index in [1.807, 2.05) is 13.8 Å². The number of alkyl halides is 3. The van der Waals surface area contributed by atoms with Gasteiger partial charge in [0.2, 0.25) is 0 Å². The van der Waals surface area contributed by atoms with Gasteiger partial charge in [0, 0.05) is 5.54 Å². The number of nitrogens with one attached hydrogen (secondary N) is 1. The molecule has 0 spiro atoms. The molecule has 0 amide bonds. The van der Waals surface area contributed by atoms with E-state index in [-0.39, 0.29) is 5.92 Å². The Morgan fingerprint density at radius 1 is 1.14 bits per heavy atom. The van der Waals surface area contributed by atoms with Crippen LogP contribution in [0.1, 0.15) is 50.7 Å². The van der Waals surface area contributed by atoms with Gasteiger partial charge in [-0.3, -0.25) is 0 Å². The Balaban J connectivity index is 2.44. The van der Waals surface area contributed by atoms with Crippen molar-refractivity contribution in [3.8, 4) is 0 Å². The van der Waals surface area contributed by atoms with Crippen LogP contribution in [0.15, 0.2) is 18.2 Å². The van der Waals surface area contributed by atoms with Crippen LogP contribution in [0.2, 0.25) is 0 Å². The van der Waals surface area contributed by atoms with Crippen molar-refractivity contribution in [1.29, 1.82) is 0 Å². The van der Waals surface area contributed by atoms with Crippen molar-refractivity contribution in [3.63, 3.8) is 0 Å². The van der Waals surface area contributed by atoms with Crippen LogP contribution in [-0.2, 0) is 11.7 Å². The monoisotopic (exact) mass is 303 g/mol. The Labute approximate surface area is 122 Å². The molecule has 1 unspecified atom stereocenters. The van der Waals surface area contributed by atoms with Crippen LogP contribution in [-0.4, -0.2) is 6.54 Å². The van der Waals surface area contributed by atoms with Gasteiger partial charge in [0.15, 0.2) is 0 Å². The molecule has 1 saturated heterocycles. The average Bonchev–Trinajstić information content (AvgIpc) is 2.63. The molecular weight excluding hydrogens is 282 g/mol. The van der Waals surface area contributed by atoms with Crippen LogP contribution >= 0.6 is 0 Å². The fraction of sp³-hybridized carbons (Fsp3) is 0.625. The Hall–Kier alpha value is -1.10. The molecule has 1 N–H and O–H groups in total. The lowest BCUT2D eigenvalue weighted by Gasteiger charge is -2.38. The molecule has 0 aromatic heterocycles. The van der Waals surface area contributed by atoms with Gasteiger partial charge in [-0.1, -0.05) is 32.8 Å². The summed E-state index contributed by atoms with van der Waals surface area (Å²) in [6.07, 6.45) is -0.712. The van der Waals surface area contributed by atoms with E-state index in [0.717, 1.165) is 44.4 Å². The summed E-state index contributed by atoms with van der Waals surface area (Å²) in [5.74, 6) is -1.02. The Morgan fingerprint density at radius 2 is 1.86 bits per heavy atom. The summed E-state index contributed by atoms with van der Waals surface area (Å²) in [7, 11) is 0. The Morgan fingerprint density at radius 3 is 2.43 bits per heavy atom. The molecule has 0 radical (unpaired) electrons. The predicted octanol–water partition coefficient (Wildman–Crippen LogP) is 4.86. The number of hydrogen-bond donors (Lipinski definition) is 1. The molecule has 21 heavy (non-hydrogen) atoms. The zero-order valence-corrected chi connectivity index (χ0v) is 12.4. The minimum Gasteiger partial charge on any atom is -0.307 e. The average molecular weight is 303 g/mol. The van der Waals surface area contributed by atoms with Crippen LogP contribution in [0.4, 0.5) is 17.6 Å². The first-order chi connectivity index (χ1) is 9.77. The van der Waals surface area contributed by atoms with Gasteiger partial charge in [0.25, 0.3) is 0 Å². The van der Waals surface area contributed by atoms with Gasteiger partial charge >= 0.3 is 6.18 Å². The standard InChI is InChI=1S/C16H21F4N/c1-11(2)15(8-4-3-5-9-21-15)12-6-7-13(14(17)10-12)16(18,19)20/h6-7,10-11,21H,3-5,8-9H2,1-2H3. The third-order valence-corrected chi connectivity index (χ3v) is 4.46. The summed E-state index contributed by atoms with van der Waals surface area (Å²) in [5.41, 5.74) is -1.02. The lowest BCUT2D eigenvalue weighted by molar-refractivity contribution is -0.140. The first-order valence-corrected chi connectivity index (χ1v) is 7.39. The van der Waals surface area contributed by atoms with Crippen molar-refractivity contribution >= 4 is 0 Å². The minimum absolute atomic E-state index is 0.173. The van der Waals surface area contributed by atoms with E-state index in [1.54, 1.807) is 0 Å². The van der Waals surface area contributed by atoms with Crippen molar-refractivity contribution in [2.45, 2.75) is 51.2 Å². The molecule has 1 aliphatic heterocycles. The zero-order chi connectivity index (χ0) is 15.7. The number of rotatable bonds is 2. The van der Waals surface area contributed by atoms with E-state index >= 15 is 0 Å². The van der Waals surface area contributed by atoms with Crippen LogP contribution in [0.5, 0.6) is 0 Å². The fourth-order valence-corrected chi connectivity index (χ4v) is 3.20. The maximum atomic E-state index is 13.9. The predicted molar refractivity (Wildman–Crippen MR) is 74.4 cm³/mol. The summed E-state index contributed by atoms with van der Waals surface area (Å²) in [6, 6.07) is 3.34. The Bertz CT molecular complexity index is 486. The quantitative estimate of drug-likeness (QED) is 0.769. The zero-order valence-electron chi connectivity index (χ0n) is 12.4. The first kappa shape index (κ1) is 16.3. The van der Waals surface area contributed by atoms with Crippen molar-refractivity contribution < 1.29 is 17.6 Å². The number of halogens is 4. The highest BCUT2D eigenvalue weighted by atomic mass is 19.4. The van der Waals surface area contributed by atoms with E-state index in [9.17, 15) is 17.6 Å². The molecular formula is C16H21F4N. The SMILES string of the molecule is CC(C)C1(c2ccc(C(F)(F)F)c(F)c2)CCCCCN1. The molecule has 1 aromatic carbocycles. The molecule has 1 heterocycles. The normalized spacial score (nSPS) is 24.1. The second-order valence-electron chi connectivity index (χ2n) is 6.06. The van der Waals surface area contributed by atoms with Crippen molar-refractivity contribution in [2.75, 3.05) is 6.54 Å². The molecule has 5 heteroatoms. The molecule has 0 saturated carbocycles. The van der Waals surface area contributed by atoms with Crippen LogP contribution < -0.4 is 5.32 Å². The molecule has 1 fully saturated rings. The molecule has 0 bridgehead atoms. The second kappa shape index (κ2) is 5.95. The van der Waals surface area contributed by atoms with Gasteiger partial charge < -0.3 is 5.32 Å². The first-order valence-electron chi connectivity index (χ1n) is 7.39. The van der Waals surface area contributed by atoms with Crippen LogP contribution in [0.3, 0.4) is 0 Å². The number of benzene rings is 1. The van der Waals surface area contributed by atoms with Gasteiger partial charge in [-0.05, 0) is 43.0 Å². The maximum absolute atomic E-state index is 13.9. The van der Waals surface area contributed by atoms with Gasteiger partial charge in [-0.15, -0.1) is 0 Å². The van der Waals surface area contributed by atoms with E-state index in [0.29, 0.717) is 5.56 Å². The van der Waals surface area contributed by atoms with Crippen molar-refractivity contribution in [1.82, 2.24) is 5.32 Å². The molecule has 1 aromatic rings. The summed E-state index contributed by atoms with van der Waals surface area (Å²) in [5, 5.41) is 3.45.